The summed E-state index contributed by atoms with van der Waals surface area (Å²) in [7, 11) is 8.19. The standard InChI is InChI=1S/C42H71N5O8/c1-14-28(7)37(46(11)41(51)35(26(3)4)43-39(49)36(27(5)6)44(9)15-2)33(54-12)25-34(48)47-23-19-22-31(47)38(55-13)29(8)40(50)45(10)32(42(52)53)24-30-20-17-16-18-21-30/h16-18,20-21,26-29,31-33,35-38H,14-15,19,22-25H2,1-13H3,(H,43,49)(H,52,53)/t28-,29+,31-,32-,33+,35-,36-,37-,38+/m0/s1. The van der Waals surface area contributed by atoms with E-state index in [0.29, 0.717) is 25.9 Å². The first-order valence-electron chi connectivity index (χ1n) is 20.0. The van der Waals surface area contributed by atoms with Crippen LogP contribution in [0.3, 0.4) is 0 Å². The Morgan fingerprint density at radius 1 is 0.891 bits per heavy atom. The Morgan fingerprint density at radius 2 is 1.51 bits per heavy atom. The number of carbonyl (C=O) groups excluding carboxylic acids is 4. The number of hydrogen-bond acceptors (Lipinski definition) is 8. The van der Waals surface area contributed by atoms with Gasteiger partial charge < -0.3 is 34.6 Å². The molecular weight excluding hydrogens is 702 g/mol. The Labute approximate surface area is 330 Å². The first-order valence-corrected chi connectivity index (χ1v) is 20.0. The van der Waals surface area contributed by atoms with Gasteiger partial charge in [0.2, 0.25) is 23.6 Å². The number of nitrogens with zero attached hydrogens (tertiary/aromatic N) is 4. The zero-order valence-electron chi connectivity index (χ0n) is 35.8. The van der Waals surface area contributed by atoms with Crippen LogP contribution in [0.1, 0.15) is 86.6 Å². The summed E-state index contributed by atoms with van der Waals surface area (Å²) in [6.45, 7) is 16.7. The maximum absolute atomic E-state index is 14.3. The summed E-state index contributed by atoms with van der Waals surface area (Å²) in [5, 5.41) is 13.1. The largest absolute Gasteiger partial charge is 0.480 e. The van der Waals surface area contributed by atoms with Gasteiger partial charge in [-0.05, 0) is 49.8 Å². The summed E-state index contributed by atoms with van der Waals surface area (Å²) in [5.74, 6) is -3.04. The Balaban J connectivity index is 2.31. The van der Waals surface area contributed by atoms with E-state index in [2.05, 4.69) is 5.32 Å². The van der Waals surface area contributed by atoms with E-state index in [4.69, 9.17) is 9.47 Å². The molecule has 1 fully saturated rings. The van der Waals surface area contributed by atoms with Crippen molar-refractivity contribution >= 4 is 29.6 Å². The molecule has 0 spiro atoms. The van der Waals surface area contributed by atoms with Crippen LogP contribution in [0.15, 0.2) is 30.3 Å². The van der Waals surface area contributed by atoms with Crippen molar-refractivity contribution in [3.63, 3.8) is 0 Å². The Kier molecular flexibility index (Phi) is 19.3. The molecule has 0 unspecified atom stereocenters. The first kappa shape index (κ1) is 47.6. The van der Waals surface area contributed by atoms with Crippen molar-refractivity contribution in [3.8, 4) is 0 Å². The van der Waals surface area contributed by atoms with Gasteiger partial charge in [-0.15, -0.1) is 0 Å². The van der Waals surface area contributed by atoms with Crippen molar-refractivity contribution in [1.82, 2.24) is 24.9 Å². The lowest BCUT2D eigenvalue weighted by molar-refractivity contribution is -0.154. The molecule has 1 heterocycles. The van der Waals surface area contributed by atoms with Gasteiger partial charge in [0.15, 0.2) is 0 Å². The van der Waals surface area contributed by atoms with E-state index < -0.39 is 54.3 Å². The minimum Gasteiger partial charge on any atom is -0.480 e. The number of carbonyl (C=O) groups is 5. The fourth-order valence-corrected chi connectivity index (χ4v) is 8.18. The lowest BCUT2D eigenvalue weighted by Gasteiger charge is -2.41. The quantitative estimate of drug-likeness (QED) is 0.177. The van der Waals surface area contributed by atoms with E-state index in [-0.39, 0.29) is 54.2 Å². The first-order chi connectivity index (χ1) is 25.9. The normalized spacial score (nSPS) is 19.0. The van der Waals surface area contributed by atoms with Crippen molar-refractivity contribution in [2.45, 2.75) is 130 Å². The molecule has 13 nitrogen and oxygen atoms in total. The number of hydrogen-bond donors (Lipinski definition) is 2. The average Bonchev–Trinajstić information content (AvgIpc) is 3.64. The van der Waals surface area contributed by atoms with Crippen LogP contribution in [0.5, 0.6) is 0 Å². The molecule has 55 heavy (non-hydrogen) atoms. The highest BCUT2D eigenvalue weighted by Crippen LogP contribution is 2.30. The van der Waals surface area contributed by atoms with E-state index in [1.54, 1.807) is 30.9 Å². The number of benzene rings is 1. The van der Waals surface area contributed by atoms with Crippen LogP contribution in [0.4, 0.5) is 0 Å². The van der Waals surface area contributed by atoms with Crippen molar-refractivity contribution in [3.05, 3.63) is 35.9 Å². The summed E-state index contributed by atoms with van der Waals surface area (Å²) in [5.41, 5.74) is 0.804. The highest BCUT2D eigenvalue weighted by molar-refractivity contribution is 5.90. The number of ether oxygens (including phenoxy) is 2. The number of rotatable bonds is 22. The summed E-state index contributed by atoms with van der Waals surface area (Å²) in [6, 6.07) is 6.04. The van der Waals surface area contributed by atoms with Gasteiger partial charge in [0, 0.05) is 41.3 Å². The molecule has 13 heteroatoms. The van der Waals surface area contributed by atoms with E-state index in [1.165, 1.54) is 19.1 Å². The number of carboxylic acid groups (broad SMARTS) is 1. The maximum atomic E-state index is 14.3. The van der Waals surface area contributed by atoms with Crippen LogP contribution in [0.2, 0.25) is 0 Å². The number of likely N-dealkylation sites (tertiary alicyclic amines) is 1. The molecule has 312 valence electrons. The van der Waals surface area contributed by atoms with Crippen LogP contribution in [-0.4, -0.2) is 145 Å². The molecule has 0 aromatic heterocycles. The molecule has 1 aliphatic rings. The van der Waals surface area contributed by atoms with Gasteiger partial charge in [0.25, 0.3) is 0 Å². The number of aliphatic carboxylic acids is 1. The Bertz CT molecular complexity index is 1390. The molecule has 9 atom stereocenters. The van der Waals surface area contributed by atoms with E-state index >= 15 is 0 Å². The molecule has 0 bridgehead atoms. The summed E-state index contributed by atoms with van der Waals surface area (Å²) >= 11 is 0. The van der Waals surface area contributed by atoms with Crippen LogP contribution < -0.4 is 5.32 Å². The van der Waals surface area contributed by atoms with Crippen LogP contribution in [0, 0.1) is 23.7 Å². The smallest absolute Gasteiger partial charge is 0.326 e. The van der Waals surface area contributed by atoms with E-state index in [1.807, 2.05) is 90.7 Å². The monoisotopic (exact) mass is 774 g/mol. The predicted octanol–water partition coefficient (Wildman–Crippen LogP) is 4.18. The highest BCUT2D eigenvalue weighted by Gasteiger charge is 2.44. The molecule has 1 saturated heterocycles. The summed E-state index contributed by atoms with van der Waals surface area (Å²) < 4.78 is 12.0. The fraction of sp³-hybridized carbons (Fsp3) is 0.738. The third kappa shape index (κ3) is 12.2. The third-order valence-corrected chi connectivity index (χ3v) is 11.7. The molecule has 0 saturated carbocycles. The van der Waals surface area contributed by atoms with Gasteiger partial charge in [0.05, 0.1) is 42.7 Å². The fourth-order valence-electron chi connectivity index (χ4n) is 8.18. The SMILES string of the molecule is CC[C@H](C)[C@@H]([C@@H](CC(=O)N1CCC[C@H]1[C@H](OC)[C@@H](C)C(=O)N(C)[C@@H](Cc1ccccc1)C(=O)O)OC)N(C)C(=O)[C@@H](NC(=O)[C@H](C(C)C)N(C)CC)C(C)C. The lowest BCUT2D eigenvalue weighted by Crippen LogP contribution is -2.60. The molecule has 0 radical (unpaired) electrons. The molecule has 0 aliphatic carbocycles. The van der Waals surface area contributed by atoms with Crippen LogP contribution in [0.25, 0.3) is 0 Å². The molecule has 1 aliphatic heterocycles. The van der Waals surface area contributed by atoms with E-state index in [9.17, 15) is 29.1 Å². The molecular formula is C42H71N5O8. The summed E-state index contributed by atoms with van der Waals surface area (Å²) in [4.78, 5) is 75.0. The number of likely N-dealkylation sites (N-methyl/N-ethyl adjacent to an activating group) is 3. The zero-order valence-corrected chi connectivity index (χ0v) is 35.8. The third-order valence-electron chi connectivity index (χ3n) is 11.7. The highest BCUT2D eigenvalue weighted by atomic mass is 16.5. The van der Waals surface area contributed by atoms with Gasteiger partial charge in [0.1, 0.15) is 12.1 Å². The average molecular weight is 774 g/mol. The minimum atomic E-state index is -1.10. The van der Waals surface area contributed by atoms with Crippen LogP contribution >= 0.6 is 0 Å². The molecule has 2 rings (SSSR count). The second kappa shape index (κ2) is 22.3. The van der Waals surface area contributed by atoms with Gasteiger partial charge in [-0.2, -0.15) is 0 Å². The lowest BCUT2D eigenvalue weighted by atomic mass is 9.89. The Morgan fingerprint density at radius 3 is 2.00 bits per heavy atom. The number of amides is 4. The topological polar surface area (TPSA) is 149 Å². The van der Waals surface area contributed by atoms with Crippen molar-refractivity contribution in [1.29, 1.82) is 0 Å². The minimum absolute atomic E-state index is 0.00806. The van der Waals surface area contributed by atoms with Gasteiger partial charge in [-0.3, -0.25) is 24.1 Å². The van der Waals surface area contributed by atoms with Crippen molar-refractivity contribution in [2.75, 3.05) is 48.5 Å². The van der Waals surface area contributed by atoms with Gasteiger partial charge >= 0.3 is 5.97 Å². The van der Waals surface area contributed by atoms with Crippen LogP contribution in [-0.2, 0) is 39.9 Å². The second-order valence-corrected chi connectivity index (χ2v) is 16.1. The van der Waals surface area contributed by atoms with Gasteiger partial charge in [-0.1, -0.05) is 92.1 Å². The number of methoxy groups -OCH3 is 2. The maximum Gasteiger partial charge on any atom is 0.326 e. The molecule has 1 aromatic carbocycles. The summed E-state index contributed by atoms with van der Waals surface area (Å²) in [6.07, 6.45) is 0.858. The number of carboxylic acids is 1. The van der Waals surface area contributed by atoms with Crippen molar-refractivity contribution in [2.24, 2.45) is 23.7 Å². The van der Waals surface area contributed by atoms with E-state index in [0.717, 1.165) is 12.0 Å². The van der Waals surface area contributed by atoms with Gasteiger partial charge in [-0.25, -0.2) is 4.79 Å². The second-order valence-electron chi connectivity index (χ2n) is 16.1. The molecule has 4 amide bonds. The molecule has 2 N–H and O–H groups in total. The zero-order chi connectivity index (χ0) is 41.7. The molecule has 1 aromatic rings. The predicted molar refractivity (Wildman–Crippen MR) is 214 cm³/mol. The van der Waals surface area contributed by atoms with Crippen molar-refractivity contribution < 1.29 is 38.6 Å². The Hall–Kier alpha value is -3.55. The number of nitrogens with one attached hydrogen (secondary N) is 1.